The number of carboxylic acids is 1. The second-order valence-electron chi connectivity index (χ2n) is 4.52. The van der Waals surface area contributed by atoms with Crippen LogP contribution < -0.4 is 0 Å². The van der Waals surface area contributed by atoms with E-state index in [2.05, 4.69) is 10.9 Å². The normalized spacial score (nSPS) is 10.2. The van der Waals surface area contributed by atoms with Gasteiger partial charge in [-0.2, -0.15) is 0 Å². The smallest absolute Gasteiger partial charge is 0.323 e. The highest BCUT2D eigenvalue weighted by Crippen LogP contribution is 2.12. The van der Waals surface area contributed by atoms with Crippen LogP contribution in [0.5, 0.6) is 0 Å². The average molecular weight is 285 g/mol. The molecular weight excluding hydrogens is 270 g/mol. The number of carboxylic acid groups (broad SMARTS) is 1. The molecule has 0 bridgehead atoms. The third-order valence-corrected chi connectivity index (χ3v) is 3.05. The van der Waals surface area contributed by atoms with Crippen LogP contribution in [0.15, 0.2) is 30.6 Å². The van der Waals surface area contributed by atoms with Crippen molar-refractivity contribution in [2.75, 3.05) is 13.1 Å². The van der Waals surface area contributed by atoms with Gasteiger partial charge in [-0.15, -0.1) is 6.42 Å². The summed E-state index contributed by atoms with van der Waals surface area (Å²) >= 11 is 0. The monoisotopic (exact) mass is 285 g/mol. The van der Waals surface area contributed by atoms with E-state index in [9.17, 15) is 9.59 Å². The van der Waals surface area contributed by atoms with Gasteiger partial charge in [-0.25, -0.2) is 4.98 Å². The number of carbonyl (C=O) groups is 2. The largest absolute Gasteiger partial charge is 0.480 e. The molecule has 0 saturated carbocycles. The van der Waals surface area contributed by atoms with Crippen molar-refractivity contribution in [1.82, 2.24) is 14.5 Å². The minimum atomic E-state index is -1.08. The molecule has 0 aliphatic rings. The lowest BCUT2D eigenvalue weighted by Gasteiger charge is -2.18. The third-order valence-electron chi connectivity index (χ3n) is 3.05. The van der Waals surface area contributed by atoms with Crippen LogP contribution in [0, 0.1) is 12.3 Å². The first-order valence-electron chi connectivity index (χ1n) is 6.44. The molecule has 0 aliphatic carbocycles. The molecule has 0 aliphatic heterocycles. The second kappa shape index (κ2) is 6.57. The van der Waals surface area contributed by atoms with Gasteiger partial charge in [0, 0.05) is 13.0 Å². The summed E-state index contributed by atoms with van der Waals surface area (Å²) in [5.41, 5.74) is 1.79. The van der Waals surface area contributed by atoms with E-state index in [4.69, 9.17) is 11.5 Å². The molecule has 2 aromatic rings. The summed E-state index contributed by atoms with van der Waals surface area (Å²) in [6.45, 7) is 0.0452. The van der Waals surface area contributed by atoms with Gasteiger partial charge in [0.25, 0.3) is 0 Å². The van der Waals surface area contributed by atoms with E-state index >= 15 is 0 Å². The minimum Gasteiger partial charge on any atom is -0.480 e. The number of terminal acetylenes is 1. The first kappa shape index (κ1) is 14.6. The maximum absolute atomic E-state index is 12.0. The quantitative estimate of drug-likeness (QED) is 0.803. The molecule has 0 atom stereocenters. The van der Waals surface area contributed by atoms with Gasteiger partial charge in [-0.05, 0) is 12.1 Å². The highest BCUT2D eigenvalue weighted by atomic mass is 16.4. The van der Waals surface area contributed by atoms with E-state index in [1.807, 2.05) is 28.8 Å². The zero-order valence-corrected chi connectivity index (χ0v) is 11.4. The molecule has 1 heterocycles. The summed E-state index contributed by atoms with van der Waals surface area (Å²) in [6.07, 6.45) is 7.00. The molecule has 21 heavy (non-hydrogen) atoms. The summed E-state index contributed by atoms with van der Waals surface area (Å²) in [6, 6.07) is 7.61. The van der Waals surface area contributed by atoms with Crippen molar-refractivity contribution in [3.63, 3.8) is 0 Å². The van der Waals surface area contributed by atoms with Crippen LogP contribution in [0.25, 0.3) is 11.0 Å². The number of hydrogen-bond acceptors (Lipinski definition) is 3. The molecule has 0 fully saturated rings. The van der Waals surface area contributed by atoms with E-state index in [-0.39, 0.29) is 25.4 Å². The van der Waals surface area contributed by atoms with Crippen LogP contribution in [-0.2, 0) is 16.1 Å². The molecular formula is C15H15N3O3. The summed E-state index contributed by atoms with van der Waals surface area (Å²) < 4.78 is 1.86. The number of aliphatic carboxylic acids is 1. The van der Waals surface area contributed by atoms with Gasteiger partial charge in [0.15, 0.2) is 0 Å². The molecule has 1 amide bonds. The van der Waals surface area contributed by atoms with Crippen LogP contribution >= 0.6 is 0 Å². The molecule has 1 aromatic carbocycles. The number of nitrogens with zero attached hydrogens (tertiary/aromatic N) is 3. The van der Waals surface area contributed by atoms with Crippen LogP contribution in [-0.4, -0.2) is 44.5 Å². The van der Waals surface area contributed by atoms with Crippen molar-refractivity contribution in [3.8, 4) is 12.3 Å². The fraction of sp³-hybridized carbons (Fsp3) is 0.267. The summed E-state index contributed by atoms with van der Waals surface area (Å²) in [7, 11) is 0. The van der Waals surface area contributed by atoms with Crippen molar-refractivity contribution in [1.29, 1.82) is 0 Å². The van der Waals surface area contributed by atoms with Gasteiger partial charge in [-0.3, -0.25) is 9.59 Å². The second-order valence-corrected chi connectivity index (χ2v) is 4.52. The lowest BCUT2D eigenvalue weighted by Crippen LogP contribution is -2.36. The maximum Gasteiger partial charge on any atom is 0.323 e. The number of aryl methyl sites for hydroxylation is 1. The molecule has 0 spiro atoms. The molecule has 1 aromatic heterocycles. The number of fused-ring (bicyclic) bond motifs is 1. The van der Waals surface area contributed by atoms with E-state index in [1.165, 1.54) is 0 Å². The first-order chi connectivity index (χ1) is 10.1. The molecule has 6 heteroatoms. The molecule has 108 valence electrons. The zero-order valence-electron chi connectivity index (χ0n) is 11.4. The zero-order chi connectivity index (χ0) is 15.2. The Kier molecular flexibility index (Phi) is 4.57. The van der Waals surface area contributed by atoms with Gasteiger partial charge in [0.05, 0.1) is 23.9 Å². The predicted molar refractivity (Wildman–Crippen MR) is 77.4 cm³/mol. The molecule has 0 saturated heterocycles. The van der Waals surface area contributed by atoms with E-state index in [0.717, 1.165) is 15.9 Å². The molecule has 0 radical (unpaired) electrons. The Morgan fingerprint density at radius 3 is 2.86 bits per heavy atom. The lowest BCUT2D eigenvalue weighted by molar-refractivity contribution is -0.144. The molecule has 6 nitrogen and oxygen atoms in total. The Morgan fingerprint density at radius 2 is 2.14 bits per heavy atom. The topological polar surface area (TPSA) is 75.4 Å². The van der Waals surface area contributed by atoms with E-state index in [1.54, 1.807) is 6.33 Å². The molecule has 2 rings (SSSR count). The number of aromatic nitrogens is 2. The van der Waals surface area contributed by atoms with Crippen molar-refractivity contribution in [2.45, 2.75) is 13.0 Å². The number of benzene rings is 1. The number of rotatable bonds is 6. The summed E-state index contributed by atoms with van der Waals surface area (Å²) in [5, 5.41) is 8.78. The van der Waals surface area contributed by atoms with Gasteiger partial charge in [-0.1, -0.05) is 18.1 Å². The van der Waals surface area contributed by atoms with Crippen molar-refractivity contribution < 1.29 is 14.7 Å². The maximum atomic E-state index is 12.0. The summed E-state index contributed by atoms with van der Waals surface area (Å²) in [4.78, 5) is 28.1. The van der Waals surface area contributed by atoms with Gasteiger partial charge < -0.3 is 14.6 Å². The fourth-order valence-electron chi connectivity index (χ4n) is 2.07. The first-order valence-corrected chi connectivity index (χ1v) is 6.44. The Balaban J connectivity index is 2.02. The summed E-state index contributed by atoms with van der Waals surface area (Å²) in [5.74, 6) is 0.938. The third kappa shape index (κ3) is 3.60. The van der Waals surface area contributed by atoms with Crippen LogP contribution in [0.3, 0.4) is 0 Å². The highest BCUT2D eigenvalue weighted by Gasteiger charge is 2.15. The predicted octanol–water partition coefficient (Wildman–Crippen LogP) is 0.973. The Morgan fingerprint density at radius 1 is 1.38 bits per heavy atom. The Hall–Kier alpha value is -2.81. The number of imidazole rings is 1. The van der Waals surface area contributed by atoms with E-state index < -0.39 is 5.97 Å². The number of para-hydroxylation sites is 2. The van der Waals surface area contributed by atoms with Gasteiger partial charge in [0.1, 0.15) is 6.54 Å². The lowest BCUT2D eigenvalue weighted by atomic mass is 10.3. The Labute approximate surface area is 122 Å². The average Bonchev–Trinajstić information content (AvgIpc) is 2.87. The highest BCUT2D eigenvalue weighted by molar-refractivity contribution is 5.82. The van der Waals surface area contributed by atoms with Gasteiger partial charge in [0.2, 0.25) is 5.91 Å². The Bertz CT molecular complexity index is 699. The van der Waals surface area contributed by atoms with Crippen LogP contribution in [0.4, 0.5) is 0 Å². The molecule has 1 N–H and O–H groups in total. The number of hydrogen-bond donors (Lipinski definition) is 1. The standard InChI is InChI=1S/C15H15N3O3/c1-2-8-17(10-15(20)21)14(19)7-9-18-11-16-12-5-3-4-6-13(12)18/h1,3-6,11H,7-10H2,(H,20,21). The van der Waals surface area contributed by atoms with Crippen molar-refractivity contribution >= 4 is 22.9 Å². The van der Waals surface area contributed by atoms with Crippen LogP contribution in [0.1, 0.15) is 6.42 Å². The van der Waals surface area contributed by atoms with Crippen molar-refractivity contribution in [3.05, 3.63) is 30.6 Å². The van der Waals surface area contributed by atoms with E-state index in [0.29, 0.717) is 6.54 Å². The minimum absolute atomic E-state index is 0.00416. The van der Waals surface area contributed by atoms with Crippen molar-refractivity contribution in [2.24, 2.45) is 0 Å². The van der Waals surface area contributed by atoms with Crippen LogP contribution in [0.2, 0.25) is 0 Å². The fourth-order valence-corrected chi connectivity index (χ4v) is 2.07. The van der Waals surface area contributed by atoms with Gasteiger partial charge >= 0.3 is 5.97 Å². The number of carbonyl (C=O) groups excluding carboxylic acids is 1. The SMILES string of the molecule is C#CCN(CC(=O)O)C(=O)CCn1cnc2ccccc21. The molecule has 0 unspecified atom stereocenters. The number of amides is 1.